The second-order valence-electron chi connectivity index (χ2n) is 22.7. The summed E-state index contributed by atoms with van der Waals surface area (Å²) in [5.74, 6) is 1.35. The first-order chi connectivity index (χ1) is 41.2. The molecule has 1 aromatic heterocycles. The van der Waals surface area contributed by atoms with Crippen LogP contribution in [0.5, 0.6) is 0 Å². The zero-order chi connectivity index (χ0) is 59.6. The predicted molar refractivity (Wildman–Crippen MR) is 361 cm³/mol. The fourth-order valence-electron chi connectivity index (χ4n) is 12.3. The molecule has 1 N–H and O–H groups in total. The van der Waals surface area contributed by atoms with Gasteiger partial charge in [0.1, 0.15) is 11.1 Å². The van der Waals surface area contributed by atoms with Gasteiger partial charge < -0.3 is 9.80 Å². The molecule has 10 heteroatoms. The number of thioether (sulfide) groups is 1. The number of rotatable bonds is 21. The van der Waals surface area contributed by atoms with Gasteiger partial charge in [-0.3, -0.25) is 4.55 Å². The van der Waals surface area contributed by atoms with E-state index in [9.17, 15) is 13.7 Å². The molecule has 0 atom stereocenters. The van der Waals surface area contributed by atoms with E-state index in [4.69, 9.17) is 4.55 Å². The van der Waals surface area contributed by atoms with Gasteiger partial charge in [-0.25, -0.2) is 0 Å². The SMILES string of the molecule is C=Cc1ccc(CN(c2ccc(C(=C3C=CC(=[N+](Cc4ccc(CCSCCCS(=O)(=O)O)cc4)c4c(C)cccc4C)C=C3)c3sc(N(c4ccccc4C)C4CCCCC4)c(C#N)c3-c3ccccc3C)cc2)c2c(C)cccc2C)cc1. The molecule has 10 rings (SSSR count). The quantitative estimate of drug-likeness (QED) is 0.0436. The lowest BCUT2D eigenvalue weighted by Gasteiger charge is -2.36. The fraction of sp³-hybridized carbons (Fsp3) is 0.253. The van der Waals surface area contributed by atoms with Crippen LogP contribution in [0.15, 0.2) is 194 Å². The largest absolute Gasteiger partial charge is 0.337 e. The number of hydrogen-bond acceptors (Lipinski definition) is 7. The number of allylic oxidation sites excluding steroid dienone is 5. The van der Waals surface area contributed by atoms with Crippen molar-refractivity contribution in [1.82, 2.24) is 0 Å². The van der Waals surface area contributed by atoms with Gasteiger partial charge in [0.25, 0.3) is 10.1 Å². The van der Waals surface area contributed by atoms with E-state index in [0.717, 1.165) is 104 Å². The molecule has 1 saturated carbocycles. The van der Waals surface area contributed by atoms with Crippen LogP contribution in [0.3, 0.4) is 0 Å². The highest BCUT2D eigenvalue weighted by Gasteiger charge is 2.33. The summed E-state index contributed by atoms with van der Waals surface area (Å²) in [5, 5.41) is 12.8. The molecule has 0 aliphatic heterocycles. The van der Waals surface area contributed by atoms with Gasteiger partial charge in [-0.1, -0.05) is 171 Å². The number of nitriles is 1. The molecule has 7 nitrogen and oxygen atoms in total. The summed E-state index contributed by atoms with van der Waals surface area (Å²) in [6, 6.07) is 60.1. The van der Waals surface area contributed by atoms with Crippen LogP contribution in [0.2, 0.25) is 0 Å². The Morgan fingerprint density at radius 2 is 1.29 bits per heavy atom. The lowest BCUT2D eigenvalue weighted by molar-refractivity contribution is -0.457. The van der Waals surface area contributed by atoms with Crippen LogP contribution in [0.4, 0.5) is 27.8 Å². The molecule has 0 spiro atoms. The van der Waals surface area contributed by atoms with E-state index >= 15 is 0 Å². The van der Waals surface area contributed by atoms with E-state index in [1.165, 1.54) is 62.3 Å². The van der Waals surface area contributed by atoms with E-state index in [1.54, 1.807) is 23.1 Å². The van der Waals surface area contributed by atoms with Gasteiger partial charge >= 0.3 is 0 Å². The molecule has 8 aromatic rings. The maximum atomic E-state index is 11.8. The minimum atomic E-state index is -3.94. The molecule has 7 aromatic carbocycles. The van der Waals surface area contributed by atoms with Crippen LogP contribution in [0.1, 0.15) is 110 Å². The first-order valence-corrected chi connectivity index (χ1v) is 33.3. The summed E-state index contributed by atoms with van der Waals surface area (Å²) < 4.78 is 34.0. The molecular weight excluding hydrogens is 1100 g/mol. The lowest BCUT2D eigenvalue weighted by atomic mass is 9.88. The normalized spacial score (nSPS) is 13.4. The third-order valence-electron chi connectivity index (χ3n) is 16.7. The molecule has 2 aliphatic rings. The number of anilines is 4. The summed E-state index contributed by atoms with van der Waals surface area (Å²) in [7, 11) is -3.94. The van der Waals surface area contributed by atoms with Gasteiger partial charge in [0.15, 0.2) is 6.54 Å². The average molecular weight is 1180 g/mol. The molecule has 1 heterocycles. The average Bonchev–Trinajstić information content (AvgIpc) is 4.15. The second kappa shape index (κ2) is 27.5. The van der Waals surface area contributed by atoms with E-state index < -0.39 is 10.1 Å². The van der Waals surface area contributed by atoms with Crippen molar-refractivity contribution in [1.29, 1.82) is 5.26 Å². The second-order valence-corrected chi connectivity index (χ2v) is 26.5. The minimum absolute atomic E-state index is 0.203. The Bertz CT molecular complexity index is 3950. The van der Waals surface area contributed by atoms with Gasteiger partial charge in [-0.05, 0) is 165 Å². The van der Waals surface area contributed by atoms with Crippen molar-refractivity contribution in [2.24, 2.45) is 0 Å². The number of thiophene rings is 1. The first-order valence-electron chi connectivity index (χ1n) is 29.7. The molecular formula is C75H77N4O3S3+. The minimum Gasteiger partial charge on any atom is -0.337 e. The van der Waals surface area contributed by atoms with Crippen molar-refractivity contribution in [2.75, 3.05) is 27.1 Å². The monoisotopic (exact) mass is 1180 g/mol. The maximum Gasteiger partial charge on any atom is 0.264 e. The summed E-state index contributed by atoms with van der Waals surface area (Å²) in [6.07, 6.45) is 18.0. The van der Waals surface area contributed by atoms with Gasteiger partial charge in [0.05, 0.1) is 11.3 Å². The Kier molecular flexibility index (Phi) is 19.5. The Hall–Kier alpha value is -7.78. The van der Waals surface area contributed by atoms with Crippen LogP contribution < -0.4 is 9.80 Å². The number of hydrogen-bond donors (Lipinski definition) is 1. The van der Waals surface area contributed by atoms with Crippen molar-refractivity contribution in [2.45, 2.75) is 106 Å². The molecule has 0 saturated heterocycles. The van der Waals surface area contributed by atoms with Crippen molar-refractivity contribution < 1.29 is 17.5 Å². The zero-order valence-electron chi connectivity index (χ0n) is 49.9. The van der Waals surface area contributed by atoms with Crippen LogP contribution in [-0.4, -0.2) is 46.6 Å². The van der Waals surface area contributed by atoms with Gasteiger partial charge in [-0.2, -0.15) is 30.0 Å². The molecule has 85 heavy (non-hydrogen) atoms. The van der Waals surface area contributed by atoms with Crippen molar-refractivity contribution in [3.05, 3.63) is 266 Å². The van der Waals surface area contributed by atoms with Crippen molar-refractivity contribution >= 4 is 78.3 Å². The van der Waals surface area contributed by atoms with Crippen LogP contribution in [0.25, 0.3) is 22.8 Å². The fourth-order valence-corrected chi connectivity index (χ4v) is 15.4. The molecule has 0 bridgehead atoms. The zero-order valence-corrected chi connectivity index (χ0v) is 52.4. The maximum absolute atomic E-state index is 11.8. The molecule has 432 valence electrons. The molecule has 0 amide bonds. The Labute approximate surface area is 513 Å². The Balaban J connectivity index is 1.14. The highest BCUT2D eigenvalue weighted by atomic mass is 32.2. The highest BCUT2D eigenvalue weighted by Crippen LogP contribution is 2.52. The van der Waals surface area contributed by atoms with Gasteiger partial charge in [0, 0.05) is 74.5 Å². The third kappa shape index (κ3) is 14.2. The summed E-state index contributed by atoms with van der Waals surface area (Å²) in [5.41, 5.74) is 23.4. The third-order valence-corrected chi connectivity index (χ3v) is 19.8. The predicted octanol–water partition coefficient (Wildman–Crippen LogP) is 19.1. The van der Waals surface area contributed by atoms with E-state index in [1.807, 2.05) is 6.08 Å². The number of aryl methyl sites for hydroxylation is 7. The summed E-state index contributed by atoms with van der Waals surface area (Å²) in [4.78, 5) is 6.05. The number of nitrogens with zero attached hydrogens (tertiary/aromatic N) is 4. The van der Waals surface area contributed by atoms with Gasteiger partial charge in [-0.15, -0.1) is 11.3 Å². The van der Waals surface area contributed by atoms with Crippen LogP contribution >= 0.6 is 23.1 Å². The molecule has 1 fully saturated rings. The topological polar surface area (TPSA) is 87.7 Å². The molecule has 2 aliphatic carbocycles. The lowest BCUT2D eigenvalue weighted by Crippen LogP contribution is -2.33. The van der Waals surface area contributed by atoms with Gasteiger partial charge in [0.2, 0.25) is 11.4 Å². The summed E-state index contributed by atoms with van der Waals surface area (Å²) in [6.45, 7) is 18.5. The first kappa shape index (κ1) is 60.3. The van der Waals surface area contributed by atoms with E-state index in [0.29, 0.717) is 30.8 Å². The molecule has 0 radical (unpaired) electrons. The highest BCUT2D eigenvalue weighted by molar-refractivity contribution is 7.99. The number of benzene rings is 7. The van der Waals surface area contributed by atoms with Crippen molar-refractivity contribution in [3.8, 4) is 17.2 Å². The number of para-hydroxylation sites is 3. The van der Waals surface area contributed by atoms with E-state index in [2.05, 4.69) is 251 Å². The smallest absolute Gasteiger partial charge is 0.264 e. The van der Waals surface area contributed by atoms with Crippen LogP contribution in [0, 0.1) is 52.9 Å². The van der Waals surface area contributed by atoms with Crippen molar-refractivity contribution in [3.63, 3.8) is 0 Å². The summed E-state index contributed by atoms with van der Waals surface area (Å²) >= 11 is 3.47. The molecule has 0 unspecified atom stereocenters. The Morgan fingerprint density at radius 3 is 1.92 bits per heavy atom. The van der Waals surface area contributed by atoms with Crippen LogP contribution in [-0.2, 0) is 29.6 Å². The standard InChI is InChI=1S/C75H76N4O3S3/c1-8-58-29-33-60(34-30-58)50-77(72-54(4)21-16-22-55(72)5)64-41-37-62(38-42-64)70(74-71(67-27-14-12-19-52(67)2)68(49-76)75(84-74)79(66-25-10-9-11-26-66)69-28-15-13-20-53(69)3)63-39-43-65(44-40-63)78(73-56(6)23-17-24-57(73)7)51-61-35-31-59(32-36-61)45-47-83-46-18-48-85(80,81)82/h8,12-17,19-24,27-44,66H,1,9-11,18,25-26,45-48,50-51H2,2-7H3/p+1. The Morgan fingerprint density at radius 1 is 0.694 bits per heavy atom. The van der Waals surface area contributed by atoms with E-state index in [-0.39, 0.29) is 11.8 Å².